The van der Waals surface area contributed by atoms with E-state index in [0.717, 1.165) is 22.5 Å². The standard InChI is InChI=1S/C22H21N3O4/c1-24-19-13-25(22(28)29-14-15-6-3-2-4-7-15)11-10-18(19)23-20(24)16-8-5-9-17(12-16)21(26)27/h2-9,12H,10-11,13-14H2,1H3,(H,26,27). The number of benzene rings is 2. The third-order valence-corrected chi connectivity index (χ3v) is 5.09. The van der Waals surface area contributed by atoms with E-state index in [4.69, 9.17) is 9.72 Å². The van der Waals surface area contributed by atoms with E-state index in [1.807, 2.05) is 48.0 Å². The Morgan fingerprint density at radius 2 is 1.93 bits per heavy atom. The van der Waals surface area contributed by atoms with Gasteiger partial charge in [-0.2, -0.15) is 0 Å². The number of aromatic carboxylic acids is 1. The van der Waals surface area contributed by atoms with Crippen LogP contribution in [0.1, 0.15) is 27.3 Å². The fourth-order valence-electron chi connectivity index (χ4n) is 3.50. The number of hydrogen-bond acceptors (Lipinski definition) is 4. The van der Waals surface area contributed by atoms with Crippen molar-refractivity contribution in [2.75, 3.05) is 6.54 Å². The molecule has 2 heterocycles. The number of amides is 1. The van der Waals surface area contributed by atoms with Crippen molar-refractivity contribution in [3.05, 3.63) is 77.1 Å². The van der Waals surface area contributed by atoms with Crippen molar-refractivity contribution in [1.82, 2.24) is 14.5 Å². The van der Waals surface area contributed by atoms with Crippen molar-refractivity contribution in [3.8, 4) is 11.4 Å². The van der Waals surface area contributed by atoms with Gasteiger partial charge in [-0.1, -0.05) is 42.5 Å². The first-order valence-corrected chi connectivity index (χ1v) is 9.37. The topological polar surface area (TPSA) is 84.7 Å². The van der Waals surface area contributed by atoms with Crippen molar-refractivity contribution in [2.45, 2.75) is 19.6 Å². The Bertz CT molecular complexity index is 1060. The lowest BCUT2D eigenvalue weighted by atomic mass is 10.1. The molecular formula is C22H21N3O4. The van der Waals surface area contributed by atoms with E-state index in [2.05, 4.69) is 0 Å². The maximum atomic E-state index is 12.5. The summed E-state index contributed by atoms with van der Waals surface area (Å²) in [4.78, 5) is 30.1. The second-order valence-corrected chi connectivity index (χ2v) is 6.99. The molecule has 7 nitrogen and oxygen atoms in total. The summed E-state index contributed by atoms with van der Waals surface area (Å²) in [5, 5.41) is 9.23. The first kappa shape index (κ1) is 18.7. The molecule has 1 aliphatic rings. The SMILES string of the molecule is Cn1c(-c2cccc(C(=O)O)c2)nc2c1CN(C(=O)OCc1ccccc1)CC2. The molecule has 0 unspecified atom stereocenters. The molecule has 0 aliphatic carbocycles. The smallest absolute Gasteiger partial charge is 0.410 e. The summed E-state index contributed by atoms with van der Waals surface area (Å²) in [7, 11) is 1.88. The predicted octanol–water partition coefficient (Wildman–Crippen LogP) is 3.48. The van der Waals surface area contributed by atoms with Gasteiger partial charge < -0.3 is 19.3 Å². The van der Waals surface area contributed by atoms with E-state index in [-0.39, 0.29) is 18.3 Å². The van der Waals surface area contributed by atoms with Crippen molar-refractivity contribution < 1.29 is 19.4 Å². The Hall–Kier alpha value is -3.61. The van der Waals surface area contributed by atoms with E-state index in [1.54, 1.807) is 23.1 Å². The molecule has 29 heavy (non-hydrogen) atoms. The van der Waals surface area contributed by atoms with Crippen LogP contribution in [0, 0.1) is 0 Å². The third kappa shape index (κ3) is 3.85. The Labute approximate surface area is 168 Å². The van der Waals surface area contributed by atoms with Crippen molar-refractivity contribution in [1.29, 1.82) is 0 Å². The molecule has 0 saturated heterocycles. The van der Waals surface area contributed by atoms with Gasteiger partial charge in [-0.25, -0.2) is 14.6 Å². The zero-order valence-electron chi connectivity index (χ0n) is 16.0. The van der Waals surface area contributed by atoms with E-state index in [0.29, 0.717) is 25.3 Å². The molecule has 1 aromatic heterocycles. The Balaban J connectivity index is 1.50. The third-order valence-electron chi connectivity index (χ3n) is 5.09. The normalized spacial score (nSPS) is 13.1. The second-order valence-electron chi connectivity index (χ2n) is 6.99. The van der Waals surface area contributed by atoms with E-state index < -0.39 is 5.97 Å². The summed E-state index contributed by atoms with van der Waals surface area (Å²) in [5.74, 6) is -0.282. The zero-order valence-corrected chi connectivity index (χ0v) is 16.0. The monoisotopic (exact) mass is 391 g/mol. The summed E-state index contributed by atoms with van der Waals surface area (Å²) in [6.07, 6.45) is 0.275. The number of carbonyl (C=O) groups is 2. The summed E-state index contributed by atoms with van der Waals surface area (Å²) >= 11 is 0. The van der Waals surface area contributed by atoms with E-state index in [9.17, 15) is 14.7 Å². The first-order valence-electron chi connectivity index (χ1n) is 9.37. The van der Waals surface area contributed by atoms with Gasteiger partial charge in [-0.05, 0) is 17.7 Å². The van der Waals surface area contributed by atoms with Crippen LogP contribution in [0.5, 0.6) is 0 Å². The highest BCUT2D eigenvalue weighted by molar-refractivity contribution is 5.89. The number of fused-ring (bicyclic) bond motifs is 1. The number of carbonyl (C=O) groups excluding carboxylic acids is 1. The van der Waals surface area contributed by atoms with Gasteiger partial charge in [0.05, 0.1) is 23.5 Å². The van der Waals surface area contributed by atoms with Gasteiger partial charge in [-0.3, -0.25) is 0 Å². The van der Waals surface area contributed by atoms with Gasteiger partial charge in [0, 0.05) is 25.6 Å². The van der Waals surface area contributed by atoms with Crippen molar-refractivity contribution in [2.24, 2.45) is 7.05 Å². The van der Waals surface area contributed by atoms with Gasteiger partial charge in [0.25, 0.3) is 0 Å². The minimum Gasteiger partial charge on any atom is -0.478 e. The molecule has 2 aromatic carbocycles. The van der Waals surface area contributed by atoms with Crippen LogP contribution < -0.4 is 0 Å². The number of hydrogen-bond donors (Lipinski definition) is 1. The van der Waals surface area contributed by atoms with Crippen LogP contribution in [0.15, 0.2) is 54.6 Å². The lowest BCUT2D eigenvalue weighted by Gasteiger charge is -2.26. The van der Waals surface area contributed by atoms with Crippen LogP contribution in [0.2, 0.25) is 0 Å². The maximum absolute atomic E-state index is 12.5. The summed E-state index contributed by atoms with van der Waals surface area (Å²) < 4.78 is 7.37. The minimum absolute atomic E-state index is 0.217. The van der Waals surface area contributed by atoms with Gasteiger partial charge in [0.1, 0.15) is 12.4 Å². The molecule has 7 heteroatoms. The average Bonchev–Trinajstić information content (AvgIpc) is 3.09. The molecule has 1 N–H and O–H groups in total. The van der Waals surface area contributed by atoms with Crippen LogP contribution in [-0.2, 0) is 31.4 Å². The summed E-state index contributed by atoms with van der Waals surface area (Å²) in [6.45, 7) is 1.18. The quantitative estimate of drug-likeness (QED) is 0.736. The molecule has 148 valence electrons. The van der Waals surface area contributed by atoms with Crippen LogP contribution in [-0.4, -0.2) is 38.2 Å². The van der Waals surface area contributed by atoms with Crippen LogP contribution in [0.4, 0.5) is 4.79 Å². The lowest BCUT2D eigenvalue weighted by molar-refractivity contribution is 0.0696. The Morgan fingerprint density at radius 1 is 1.14 bits per heavy atom. The second kappa shape index (κ2) is 7.79. The fourth-order valence-corrected chi connectivity index (χ4v) is 3.50. The molecule has 0 atom stereocenters. The highest BCUT2D eigenvalue weighted by Crippen LogP contribution is 2.26. The molecule has 1 amide bonds. The zero-order chi connectivity index (χ0) is 20.4. The first-order chi connectivity index (χ1) is 14.0. The van der Waals surface area contributed by atoms with Gasteiger partial charge >= 0.3 is 12.1 Å². The number of carboxylic acid groups (broad SMARTS) is 1. The average molecular weight is 391 g/mol. The van der Waals surface area contributed by atoms with Gasteiger partial charge in [0.2, 0.25) is 0 Å². The van der Waals surface area contributed by atoms with E-state index in [1.165, 1.54) is 0 Å². The lowest BCUT2D eigenvalue weighted by Crippen LogP contribution is -2.37. The van der Waals surface area contributed by atoms with Crippen LogP contribution >= 0.6 is 0 Å². The van der Waals surface area contributed by atoms with E-state index >= 15 is 0 Å². The molecule has 0 fully saturated rings. The Kier molecular flexibility index (Phi) is 5.03. The molecule has 1 aliphatic heterocycles. The molecule has 4 rings (SSSR count). The van der Waals surface area contributed by atoms with Gasteiger partial charge in [-0.15, -0.1) is 0 Å². The van der Waals surface area contributed by atoms with Crippen molar-refractivity contribution in [3.63, 3.8) is 0 Å². The molecule has 0 saturated carbocycles. The molecule has 0 bridgehead atoms. The Morgan fingerprint density at radius 3 is 2.69 bits per heavy atom. The number of carboxylic acids is 1. The molecule has 3 aromatic rings. The minimum atomic E-state index is -0.974. The number of nitrogens with zero attached hydrogens (tertiary/aromatic N) is 3. The van der Waals surface area contributed by atoms with Crippen LogP contribution in [0.25, 0.3) is 11.4 Å². The maximum Gasteiger partial charge on any atom is 0.410 e. The number of imidazole rings is 1. The van der Waals surface area contributed by atoms with Crippen LogP contribution in [0.3, 0.4) is 0 Å². The summed E-state index contributed by atoms with van der Waals surface area (Å²) in [6, 6.07) is 16.3. The number of aromatic nitrogens is 2. The predicted molar refractivity (Wildman–Crippen MR) is 106 cm³/mol. The molecule has 0 spiro atoms. The fraction of sp³-hybridized carbons (Fsp3) is 0.227. The summed E-state index contributed by atoms with van der Waals surface area (Å²) in [5.41, 5.74) is 3.76. The van der Waals surface area contributed by atoms with Crippen molar-refractivity contribution >= 4 is 12.1 Å². The number of rotatable bonds is 4. The molecule has 0 radical (unpaired) electrons. The van der Waals surface area contributed by atoms with Gasteiger partial charge in [0.15, 0.2) is 0 Å². The highest BCUT2D eigenvalue weighted by atomic mass is 16.6. The highest BCUT2D eigenvalue weighted by Gasteiger charge is 2.27. The number of ether oxygens (including phenoxy) is 1. The largest absolute Gasteiger partial charge is 0.478 e. The molecular weight excluding hydrogens is 370 g/mol.